The van der Waals surface area contributed by atoms with Crippen molar-refractivity contribution in [1.82, 2.24) is 0 Å². The van der Waals surface area contributed by atoms with Gasteiger partial charge in [0.15, 0.2) is 5.78 Å². The molecule has 1 aliphatic heterocycles. The van der Waals surface area contributed by atoms with Crippen molar-refractivity contribution in [2.24, 2.45) is 23.7 Å². The summed E-state index contributed by atoms with van der Waals surface area (Å²) in [5, 5.41) is 0. The number of carbonyl (C=O) groups is 2. The molecule has 3 aliphatic rings. The molecular formula is C15H20O3. The van der Waals surface area contributed by atoms with E-state index < -0.39 is 5.60 Å². The minimum Gasteiger partial charge on any atom is -0.454 e. The van der Waals surface area contributed by atoms with Gasteiger partial charge in [-0.3, -0.25) is 9.59 Å². The van der Waals surface area contributed by atoms with Gasteiger partial charge in [0.25, 0.3) is 0 Å². The molecule has 18 heavy (non-hydrogen) atoms. The topological polar surface area (TPSA) is 43.4 Å². The van der Waals surface area contributed by atoms with Gasteiger partial charge in [-0.05, 0) is 43.8 Å². The second kappa shape index (κ2) is 3.69. The van der Waals surface area contributed by atoms with Gasteiger partial charge < -0.3 is 4.74 Å². The van der Waals surface area contributed by atoms with Gasteiger partial charge in [-0.2, -0.15) is 0 Å². The summed E-state index contributed by atoms with van der Waals surface area (Å²) >= 11 is 0. The fourth-order valence-corrected chi connectivity index (χ4v) is 4.23. The number of Topliss-reactive ketones (excluding diaryl/α,β-unsaturated/α-hetero) is 1. The Balaban J connectivity index is 2.06. The van der Waals surface area contributed by atoms with Crippen molar-refractivity contribution in [2.75, 3.05) is 0 Å². The first-order valence-electron chi connectivity index (χ1n) is 6.91. The molecule has 0 radical (unpaired) electrons. The van der Waals surface area contributed by atoms with E-state index in [1.54, 1.807) is 6.92 Å². The summed E-state index contributed by atoms with van der Waals surface area (Å²) in [5.74, 6) is 1.11. The highest BCUT2D eigenvalue weighted by molar-refractivity contribution is 5.94. The van der Waals surface area contributed by atoms with E-state index in [4.69, 9.17) is 4.74 Å². The molecular weight excluding hydrogens is 228 g/mol. The lowest BCUT2D eigenvalue weighted by Crippen LogP contribution is -2.46. The third-order valence-corrected chi connectivity index (χ3v) is 5.32. The standard InChI is InChI=1S/C15H20O3/c1-8-4-5-12-9(2)14(17)18-15(12)7-11(10(3)16)6-13(8)15/h7-9,12-13H,4-6H2,1-3H3/t8-,9-,12+,13-,15-/m1/s1. The minimum absolute atomic E-state index is 0.0254. The number of ether oxygens (including phenoxy) is 1. The van der Waals surface area contributed by atoms with Crippen LogP contribution < -0.4 is 0 Å². The normalized spacial score (nSPS) is 46.2. The molecule has 0 aromatic heterocycles. The second-order valence-corrected chi connectivity index (χ2v) is 6.26. The predicted molar refractivity (Wildman–Crippen MR) is 66.7 cm³/mol. The van der Waals surface area contributed by atoms with Gasteiger partial charge >= 0.3 is 5.97 Å². The zero-order valence-corrected chi connectivity index (χ0v) is 11.2. The van der Waals surface area contributed by atoms with E-state index in [0.29, 0.717) is 11.8 Å². The molecule has 0 unspecified atom stereocenters. The van der Waals surface area contributed by atoms with Crippen molar-refractivity contribution >= 4 is 11.8 Å². The first-order valence-corrected chi connectivity index (χ1v) is 6.91. The SMILES string of the molecule is CC(=O)C1=C[C@@]23OC(=O)[C@H](C)[C@@H]2CC[C@@H](C)[C@H]3C1. The molecule has 0 N–H and O–H groups in total. The van der Waals surface area contributed by atoms with Crippen LogP contribution in [0.15, 0.2) is 11.6 Å². The monoisotopic (exact) mass is 248 g/mol. The molecule has 0 amide bonds. The molecule has 2 fully saturated rings. The zero-order valence-electron chi connectivity index (χ0n) is 11.2. The molecule has 3 heteroatoms. The van der Waals surface area contributed by atoms with Crippen molar-refractivity contribution in [3.05, 3.63) is 11.6 Å². The van der Waals surface area contributed by atoms with Crippen molar-refractivity contribution in [1.29, 1.82) is 0 Å². The van der Waals surface area contributed by atoms with Crippen molar-refractivity contribution in [3.8, 4) is 0 Å². The van der Waals surface area contributed by atoms with Crippen LogP contribution in [0.1, 0.15) is 40.0 Å². The van der Waals surface area contributed by atoms with Gasteiger partial charge in [-0.15, -0.1) is 0 Å². The van der Waals surface area contributed by atoms with Crippen molar-refractivity contribution in [3.63, 3.8) is 0 Å². The quantitative estimate of drug-likeness (QED) is 0.670. The van der Waals surface area contributed by atoms with Crippen LogP contribution in [-0.2, 0) is 14.3 Å². The van der Waals surface area contributed by atoms with Crippen LogP contribution in [0.5, 0.6) is 0 Å². The summed E-state index contributed by atoms with van der Waals surface area (Å²) in [7, 11) is 0. The van der Waals surface area contributed by atoms with Crippen molar-refractivity contribution in [2.45, 2.75) is 45.6 Å². The molecule has 0 aromatic rings. The summed E-state index contributed by atoms with van der Waals surface area (Å²) in [6, 6.07) is 0. The fraction of sp³-hybridized carbons (Fsp3) is 0.733. The number of ketones is 1. The lowest BCUT2D eigenvalue weighted by Gasteiger charge is -2.43. The Kier molecular flexibility index (Phi) is 2.45. The molecule has 2 aliphatic carbocycles. The van der Waals surface area contributed by atoms with E-state index in [9.17, 15) is 9.59 Å². The van der Waals surface area contributed by atoms with Gasteiger partial charge in [0.05, 0.1) is 5.92 Å². The summed E-state index contributed by atoms with van der Waals surface area (Å²) in [6.45, 7) is 5.80. The molecule has 1 saturated heterocycles. The third-order valence-electron chi connectivity index (χ3n) is 5.32. The number of allylic oxidation sites excluding steroid dienone is 1. The van der Waals surface area contributed by atoms with Crippen LogP contribution in [-0.4, -0.2) is 17.4 Å². The summed E-state index contributed by atoms with van der Waals surface area (Å²) in [5.41, 5.74) is 0.399. The Morgan fingerprint density at radius 2 is 2.06 bits per heavy atom. The minimum atomic E-state index is -0.463. The molecule has 0 aromatic carbocycles. The van der Waals surface area contributed by atoms with Crippen molar-refractivity contribution < 1.29 is 14.3 Å². The maximum atomic E-state index is 11.9. The zero-order chi connectivity index (χ0) is 13.1. The van der Waals surface area contributed by atoms with E-state index in [1.165, 1.54) is 0 Å². The molecule has 5 atom stereocenters. The molecule has 3 rings (SSSR count). The van der Waals surface area contributed by atoms with Gasteiger partial charge in [0.2, 0.25) is 0 Å². The summed E-state index contributed by atoms with van der Waals surface area (Å²) in [6.07, 6.45) is 4.94. The average molecular weight is 248 g/mol. The Morgan fingerprint density at radius 3 is 2.72 bits per heavy atom. The highest BCUT2D eigenvalue weighted by Crippen LogP contribution is 2.57. The van der Waals surface area contributed by atoms with Gasteiger partial charge in [0.1, 0.15) is 5.60 Å². The summed E-state index contributed by atoms with van der Waals surface area (Å²) < 4.78 is 5.77. The lowest BCUT2D eigenvalue weighted by atomic mass is 9.63. The maximum absolute atomic E-state index is 11.9. The first-order chi connectivity index (χ1) is 8.45. The number of hydrogen-bond acceptors (Lipinski definition) is 3. The molecule has 3 nitrogen and oxygen atoms in total. The lowest BCUT2D eigenvalue weighted by molar-refractivity contribution is -0.153. The van der Waals surface area contributed by atoms with Gasteiger partial charge in [-0.1, -0.05) is 13.8 Å². The highest BCUT2D eigenvalue weighted by Gasteiger charge is 2.62. The average Bonchev–Trinajstić information content (AvgIpc) is 2.79. The van der Waals surface area contributed by atoms with Gasteiger partial charge in [0, 0.05) is 11.8 Å². The highest BCUT2D eigenvalue weighted by atomic mass is 16.6. The van der Waals surface area contributed by atoms with Crippen LogP contribution in [0.25, 0.3) is 0 Å². The fourth-order valence-electron chi connectivity index (χ4n) is 4.23. The predicted octanol–water partition coefficient (Wildman–Crippen LogP) is 2.50. The molecule has 1 saturated carbocycles. The van der Waals surface area contributed by atoms with E-state index in [0.717, 1.165) is 24.8 Å². The number of hydrogen-bond donors (Lipinski definition) is 0. The Bertz CT molecular complexity index is 451. The van der Waals surface area contributed by atoms with Crippen LogP contribution in [0, 0.1) is 23.7 Å². The second-order valence-electron chi connectivity index (χ2n) is 6.26. The first kappa shape index (κ1) is 11.9. The largest absolute Gasteiger partial charge is 0.454 e. The maximum Gasteiger partial charge on any atom is 0.309 e. The van der Waals surface area contributed by atoms with Crippen LogP contribution in [0.4, 0.5) is 0 Å². The van der Waals surface area contributed by atoms with E-state index in [-0.39, 0.29) is 23.6 Å². The number of carbonyl (C=O) groups excluding carboxylic acids is 2. The summed E-state index contributed by atoms with van der Waals surface area (Å²) in [4.78, 5) is 23.6. The molecule has 1 spiro atoms. The van der Waals surface area contributed by atoms with Gasteiger partial charge in [-0.25, -0.2) is 0 Å². The van der Waals surface area contributed by atoms with Crippen LogP contribution in [0.3, 0.4) is 0 Å². The van der Waals surface area contributed by atoms with E-state index >= 15 is 0 Å². The Labute approximate surface area is 108 Å². The van der Waals surface area contributed by atoms with Crippen LogP contribution >= 0.6 is 0 Å². The van der Waals surface area contributed by atoms with E-state index in [2.05, 4.69) is 6.92 Å². The van der Waals surface area contributed by atoms with E-state index in [1.807, 2.05) is 13.0 Å². The number of rotatable bonds is 1. The molecule has 1 heterocycles. The third kappa shape index (κ3) is 1.36. The number of esters is 1. The Morgan fingerprint density at radius 1 is 1.33 bits per heavy atom. The smallest absolute Gasteiger partial charge is 0.309 e. The molecule has 0 bridgehead atoms. The Hall–Kier alpha value is -1.12. The molecule has 98 valence electrons. The van der Waals surface area contributed by atoms with Crippen LogP contribution in [0.2, 0.25) is 0 Å².